The Morgan fingerprint density at radius 2 is 2.33 bits per heavy atom. The smallest absolute Gasteiger partial charge is 0.123 e. The van der Waals surface area contributed by atoms with E-state index in [1.807, 2.05) is 24.3 Å². The van der Waals surface area contributed by atoms with Gasteiger partial charge in [-0.05, 0) is 30.2 Å². The topological polar surface area (TPSA) is 33.0 Å². The lowest BCUT2D eigenvalue weighted by Crippen LogP contribution is -1.96. The molecule has 1 aliphatic rings. The lowest BCUT2D eigenvalue weighted by atomic mass is 9.93. The summed E-state index contributed by atoms with van der Waals surface area (Å²) >= 11 is 0. The average Bonchev–Trinajstić information content (AvgIpc) is 2.60. The third-order valence-corrected chi connectivity index (χ3v) is 2.77. The van der Waals surface area contributed by atoms with E-state index in [1.165, 1.54) is 17.2 Å². The number of aryl methyl sites for hydroxylation is 1. The van der Waals surface area contributed by atoms with Crippen LogP contribution in [0, 0.1) is 18.3 Å². The van der Waals surface area contributed by atoms with Crippen molar-refractivity contribution in [3.63, 3.8) is 0 Å². The van der Waals surface area contributed by atoms with Crippen molar-refractivity contribution in [2.75, 3.05) is 6.61 Å². The second kappa shape index (κ2) is 3.78. The van der Waals surface area contributed by atoms with Gasteiger partial charge in [0.15, 0.2) is 0 Å². The van der Waals surface area contributed by atoms with Crippen molar-refractivity contribution in [1.29, 1.82) is 5.26 Å². The molecule has 1 aliphatic heterocycles. The number of benzene rings is 1. The monoisotopic (exact) mass is 199 g/mol. The van der Waals surface area contributed by atoms with E-state index in [9.17, 15) is 0 Å². The molecule has 0 spiro atoms. The number of hydrogen-bond donors (Lipinski definition) is 0. The number of ether oxygens (including phenoxy) is 1. The first-order valence-electron chi connectivity index (χ1n) is 5.06. The first kappa shape index (κ1) is 9.79. The molecule has 2 nitrogen and oxygen atoms in total. The average molecular weight is 199 g/mol. The van der Waals surface area contributed by atoms with Crippen LogP contribution in [0.3, 0.4) is 0 Å². The first-order valence-corrected chi connectivity index (χ1v) is 5.06. The number of hydrogen-bond acceptors (Lipinski definition) is 2. The van der Waals surface area contributed by atoms with E-state index in [-0.39, 0.29) is 0 Å². The maximum absolute atomic E-state index is 8.56. The summed E-state index contributed by atoms with van der Waals surface area (Å²) < 4.78 is 5.57. The zero-order chi connectivity index (χ0) is 10.8. The fraction of sp³-hybridized carbons (Fsp3) is 0.308. The van der Waals surface area contributed by atoms with Crippen LogP contribution in [0.15, 0.2) is 18.2 Å². The van der Waals surface area contributed by atoms with Crippen LogP contribution in [0.1, 0.15) is 29.5 Å². The molecule has 0 saturated heterocycles. The molecule has 0 amide bonds. The van der Waals surface area contributed by atoms with Crippen LogP contribution in [0.5, 0.6) is 5.75 Å². The minimum Gasteiger partial charge on any atom is -0.493 e. The SMILES string of the molecule is Cc1ccc2c(c1/C=C/C#N)C(C)CO2. The molecule has 2 rings (SSSR count). The van der Waals surface area contributed by atoms with Gasteiger partial charge in [0.25, 0.3) is 0 Å². The number of allylic oxidation sites excluding steroid dienone is 1. The minimum absolute atomic E-state index is 0.415. The van der Waals surface area contributed by atoms with Crippen molar-refractivity contribution < 1.29 is 4.74 Å². The Labute approximate surface area is 89.8 Å². The van der Waals surface area contributed by atoms with E-state index in [1.54, 1.807) is 0 Å². The van der Waals surface area contributed by atoms with Crippen molar-refractivity contribution in [3.8, 4) is 11.8 Å². The molecule has 2 heteroatoms. The van der Waals surface area contributed by atoms with E-state index in [4.69, 9.17) is 10.00 Å². The molecule has 0 saturated carbocycles. The summed E-state index contributed by atoms with van der Waals surface area (Å²) in [6.45, 7) is 4.95. The maximum Gasteiger partial charge on any atom is 0.123 e. The predicted molar refractivity (Wildman–Crippen MR) is 59.7 cm³/mol. The molecule has 0 fully saturated rings. The molecule has 1 aromatic carbocycles. The molecule has 1 atom stereocenters. The van der Waals surface area contributed by atoms with Crippen LogP contribution in [0.4, 0.5) is 0 Å². The summed E-state index contributed by atoms with van der Waals surface area (Å²) in [5.41, 5.74) is 3.57. The maximum atomic E-state index is 8.56. The Kier molecular flexibility index (Phi) is 2.47. The van der Waals surface area contributed by atoms with Gasteiger partial charge in [-0.25, -0.2) is 0 Å². The van der Waals surface area contributed by atoms with E-state index in [0.717, 1.165) is 17.9 Å². The lowest BCUT2D eigenvalue weighted by molar-refractivity contribution is 0.337. The Morgan fingerprint density at radius 3 is 3.07 bits per heavy atom. The van der Waals surface area contributed by atoms with Gasteiger partial charge in [0, 0.05) is 17.6 Å². The third-order valence-electron chi connectivity index (χ3n) is 2.77. The third kappa shape index (κ3) is 1.61. The molecular formula is C13H13NO. The van der Waals surface area contributed by atoms with Gasteiger partial charge >= 0.3 is 0 Å². The van der Waals surface area contributed by atoms with Crippen LogP contribution in [0.25, 0.3) is 6.08 Å². The molecule has 1 unspecified atom stereocenters. The standard InChI is InChI=1S/C13H13NO/c1-9-5-6-12-13(10(2)8-15-12)11(9)4-3-7-14/h3-6,10H,8H2,1-2H3/b4-3+. The van der Waals surface area contributed by atoms with Crippen LogP contribution in [-0.4, -0.2) is 6.61 Å². The van der Waals surface area contributed by atoms with Gasteiger partial charge in [-0.15, -0.1) is 0 Å². The van der Waals surface area contributed by atoms with E-state index in [0.29, 0.717) is 5.92 Å². The highest BCUT2D eigenvalue weighted by molar-refractivity contribution is 5.64. The molecule has 76 valence electrons. The van der Waals surface area contributed by atoms with Crippen LogP contribution < -0.4 is 4.74 Å². The normalized spacial score (nSPS) is 18.6. The molecular weight excluding hydrogens is 186 g/mol. The highest BCUT2D eigenvalue weighted by Crippen LogP contribution is 2.38. The van der Waals surface area contributed by atoms with E-state index >= 15 is 0 Å². The minimum atomic E-state index is 0.415. The summed E-state index contributed by atoms with van der Waals surface area (Å²) in [6.07, 6.45) is 3.40. The van der Waals surface area contributed by atoms with Crippen LogP contribution >= 0.6 is 0 Å². The molecule has 0 radical (unpaired) electrons. The molecule has 1 aromatic rings. The zero-order valence-corrected chi connectivity index (χ0v) is 8.95. The Morgan fingerprint density at radius 1 is 1.53 bits per heavy atom. The second-order valence-electron chi connectivity index (χ2n) is 3.88. The fourth-order valence-corrected chi connectivity index (χ4v) is 2.00. The van der Waals surface area contributed by atoms with Gasteiger partial charge in [0.1, 0.15) is 5.75 Å². The quantitative estimate of drug-likeness (QED) is 0.651. The van der Waals surface area contributed by atoms with Crippen molar-refractivity contribution in [3.05, 3.63) is 34.9 Å². The van der Waals surface area contributed by atoms with Crippen molar-refractivity contribution >= 4 is 6.08 Å². The summed E-state index contributed by atoms with van der Waals surface area (Å²) in [5.74, 6) is 1.38. The van der Waals surface area contributed by atoms with Crippen LogP contribution in [0.2, 0.25) is 0 Å². The Balaban J connectivity index is 2.58. The number of nitrogens with zero attached hydrogens (tertiary/aromatic N) is 1. The highest BCUT2D eigenvalue weighted by atomic mass is 16.5. The largest absolute Gasteiger partial charge is 0.493 e. The van der Waals surface area contributed by atoms with Crippen molar-refractivity contribution in [1.82, 2.24) is 0 Å². The van der Waals surface area contributed by atoms with Crippen LogP contribution in [-0.2, 0) is 0 Å². The Hall–Kier alpha value is -1.75. The molecule has 0 N–H and O–H groups in total. The summed E-state index contributed by atoms with van der Waals surface area (Å²) in [7, 11) is 0. The second-order valence-corrected chi connectivity index (χ2v) is 3.88. The molecule has 1 heterocycles. The molecule has 0 bridgehead atoms. The van der Waals surface area contributed by atoms with Gasteiger partial charge in [-0.3, -0.25) is 0 Å². The van der Waals surface area contributed by atoms with Crippen molar-refractivity contribution in [2.24, 2.45) is 0 Å². The molecule has 0 aromatic heterocycles. The van der Waals surface area contributed by atoms with Gasteiger partial charge in [0.2, 0.25) is 0 Å². The molecule has 15 heavy (non-hydrogen) atoms. The van der Waals surface area contributed by atoms with Gasteiger partial charge in [-0.2, -0.15) is 5.26 Å². The fourth-order valence-electron chi connectivity index (χ4n) is 2.00. The lowest BCUT2D eigenvalue weighted by Gasteiger charge is -2.08. The first-order chi connectivity index (χ1) is 7.24. The highest BCUT2D eigenvalue weighted by Gasteiger charge is 2.23. The van der Waals surface area contributed by atoms with Gasteiger partial charge in [0.05, 0.1) is 12.7 Å². The number of fused-ring (bicyclic) bond motifs is 1. The molecule has 0 aliphatic carbocycles. The van der Waals surface area contributed by atoms with E-state index < -0.39 is 0 Å². The zero-order valence-electron chi connectivity index (χ0n) is 8.95. The predicted octanol–water partition coefficient (Wildman–Crippen LogP) is 3.03. The number of rotatable bonds is 1. The number of nitriles is 1. The van der Waals surface area contributed by atoms with Crippen molar-refractivity contribution in [2.45, 2.75) is 19.8 Å². The van der Waals surface area contributed by atoms with Gasteiger partial charge < -0.3 is 4.74 Å². The summed E-state index contributed by atoms with van der Waals surface area (Å²) in [6, 6.07) is 6.08. The Bertz CT molecular complexity index is 454. The van der Waals surface area contributed by atoms with E-state index in [2.05, 4.69) is 13.8 Å². The van der Waals surface area contributed by atoms with Gasteiger partial charge in [-0.1, -0.05) is 13.0 Å². The summed E-state index contributed by atoms with van der Waals surface area (Å²) in [5, 5.41) is 8.56. The summed E-state index contributed by atoms with van der Waals surface area (Å²) in [4.78, 5) is 0.